The van der Waals surface area contributed by atoms with Gasteiger partial charge in [0.05, 0.1) is 12.6 Å². The second kappa shape index (κ2) is 10.4. The largest absolute Gasteiger partial charge is 0.369 e. The van der Waals surface area contributed by atoms with Crippen molar-refractivity contribution in [1.82, 2.24) is 34.0 Å². The fraction of sp³-hybridized carbons (Fsp3) is 0.346. The number of hydrogen-bond acceptors (Lipinski definition) is 8. The van der Waals surface area contributed by atoms with E-state index in [0.717, 1.165) is 37.6 Å². The molecule has 38 heavy (non-hydrogen) atoms. The highest BCUT2D eigenvalue weighted by molar-refractivity contribution is 6.31. The van der Waals surface area contributed by atoms with Crippen molar-refractivity contribution in [2.45, 2.75) is 26.4 Å². The van der Waals surface area contributed by atoms with Gasteiger partial charge >= 0.3 is 0 Å². The van der Waals surface area contributed by atoms with Gasteiger partial charge < -0.3 is 15.1 Å². The molecule has 4 aromatic rings. The maximum absolute atomic E-state index is 13.2. The molecule has 0 spiro atoms. The summed E-state index contributed by atoms with van der Waals surface area (Å²) in [6.07, 6.45) is 3.11. The van der Waals surface area contributed by atoms with Crippen molar-refractivity contribution < 1.29 is 0 Å². The lowest BCUT2D eigenvalue weighted by Crippen LogP contribution is -2.44. The Hall–Kier alpha value is -3.96. The van der Waals surface area contributed by atoms with Crippen LogP contribution in [0.3, 0.4) is 0 Å². The number of rotatable bonds is 7. The van der Waals surface area contributed by atoms with Gasteiger partial charge in [0, 0.05) is 54.8 Å². The lowest BCUT2D eigenvalue weighted by molar-refractivity contribution is 0.313. The average Bonchev–Trinajstić information content (AvgIpc) is 3.15. The molecule has 0 radical (unpaired) electrons. The van der Waals surface area contributed by atoms with Gasteiger partial charge in [0.15, 0.2) is 11.5 Å². The number of anilines is 3. The van der Waals surface area contributed by atoms with E-state index in [1.54, 1.807) is 16.8 Å². The van der Waals surface area contributed by atoms with Crippen LogP contribution in [-0.2, 0) is 6.54 Å². The van der Waals surface area contributed by atoms with E-state index >= 15 is 0 Å². The third kappa shape index (κ3) is 4.94. The number of nitrogens with zero attached hydrogens (tertiary/aromatic N) is 8. The maximum Gasteiger partial charge on any atom is 0.278 e. The molecule has 5 rings (SSSR count). The van der Waals surface area contributed by atoms with Gasteiger partial charge in [0.25, 0.3) is 11.1 Å². The predicted molar refractivity (Wildman–Crippen MR) is 150 cm³/mol. The highest BCUT2D eigenvalue weighted by Gasteiger charge is 2.20. The fourth-order valence-electron chi connectivity index (χ4n) is 4.53. The summed E-state index contributed by atoms with van der Waals surface area (Å²) in [4.78, 5) is 39.2. The lowest BCUT2D eigenvalue weighted by Gasteiger charge is -2.34. The molecule has 0 aliphatic carbocycles. The number of allylic oxidation sites excluding steroid dienone is 1. The minimum atomic E-state index is -0.282. The van der Waals surface area contributed by atoms with Crippen molar-refractivity contribution >= 4 is 40.0 Å². The van der Waals surface area contributed by atoms with Crippen molar-refractivity contribution in [3.05, 3.63) is 74.9 Å². The van der Waals surface area contributed by atoms with E-state index < -0.39 is 0 Å². The van der Waals surface area contributed by atoms with E-state index in [9.17, 15) is 9.59 Å². The first kappa shape index (κ1) is 25.7. The van der Waals surface area contributed by atoms with Crippen LogP contribution in [0.15, 0.2) is 58.8 Å². The normalized spacial score (nSPS) is 14.4. The number of fused-ring (bicyclic) bond motifs is 1. The van der Waals surface area contributed by atoms with Crippen LogP contribution in [0, 0.1) is 0 Å². The van der Waals surface area contributed by atoms with Gasteiger partial charge in [-0.15, -0.1) is 11.7 Å². The average molecular weight is 536 g/mol. The molecule has 1 N–H and O–H groups in total. The molecule has 0 bridgehead atoms. The molecule has 11 nitrogen and oxygen atoms in total. The zero-order valence-corrected chi connectivity index (χ0v) is 22.4. The number of nitrogens with one attached hydrogen (secondary N) is 1. The minimum absolute atomic E-state index is 0.159. The molecular formula is C26H30ClN9O2. The van der Waals surface area contributed by atoms with Crippen molar-refractivity contribution in [1.29, 1.82) is 0 Å². The van der Waals surface area contributed by atoms with Crippen molar-refractivity contribution in [3.8, 4) is 5.82 Å². The molecule has 1 aliphatic rings. The highest BCUT2D eigenvalue weighted by Crippen LogP contribution is 2.28. The smallest absolute Gasteiger partial charge is 0.278 e. The van der Waals surface area contributed by atoms with Crippen LogP contribution < -0.4 is 21.3 Å². The van der Waals surface area contributed by atoms with Gasteiger partial charge in [-0.25, -0.2) is 19.0 Å². The number of piperazine rings is 1. The standard InChI is InChI=1S/C26H30ClN9O2/c1-5-8-34-25(38)21-16-28-26(30-24(21)36(34)22-6-7-23(37)35(31-22)17(2)3)29-19-13-18(27)14-20(15-19)33-11-9-32(4)10-12-33/h5-7,13-17H,1,8-12H2,2-4H3,(H,28,29,30). The van der Waals surface area contributed by atoms with Crippen LogP contribution >= 0.6 is 11.6 Å². The zero-order valence-electron chi connectivity index (χ0n) is 21.6. The molecular weight excluding hydrogens is 506 g/mol. The Morgan fingerprint density at radius 1 is 1.13 bits per heavy atom. The molecule has 12 heteroatoms. The summed E-state index contributed by atoms with van der Waals surface area (Å²) in [6, 6.07) is 8.63. The monoisotopic (exact) mass is 535 g/mol. The molecule has 3 aromatic heterocycles. The third-order valence-corrected chi connectivity index (χ3v) is 6.72. The van der Waals surface area contributed by atoms with Crippen LogP contribution in [0.25, 0.3) is 16.9 Å². The molecule has 1 aliphatic heterocycles. The Morgan fingerprint density at radius 2 is 1.89 bits per heavy atom. The molecule has 1 aromatic carbocycles. The van der Waals surface area contributed by atoms with Crippen LogP contribution in [-0.4, -0.2) is 67.2 Å². The molecule has 0 atom stereocenters. The maximum atomic E-state index is 13.2. The van der Waals surface area contributed by atoms with E-state index in [2.05, 4.69) is 43.8 Å². The summed E-state index contributed by atoms with van der Waals surface area (Å²) < 4.78 is 4.44. The third-order valence-electron chi connectivity index (χ3n) is 6.50. The number of likely N-dealkylation sites (N-methyl/N-ethyl adjacent to an activating group) is 1. The summed E-state index contributed by atoms with van der Waals surface area (Å²) in [7, 11) is 2.12. The highest BCUT2D eigenvalue weighted by atomic mass is 35.5. The van der Waals surface area contributed by atoms with E-state index in [1.165, 1.54) is 21.6 Å². The Balaban J connectivity index is 1.57. The molecule has 198 valence electrons. The summed E-state index contributed by atoms with van der Waals surface area (Å²) in [5.74, 6) is 0.683. The van der Waals surface area contributed by atoms with Gasteiger partial charge in [-0.3, -0.25) is 9.59 Å². The van der Waals surface area contributed by atoms with Gasteiger partial charge in [-0.05, 0) is 45.2 Å². The van der Waals surface area contributed by atoms with E-state index in [1.807, 2.05) is 32.0 Å². The van der Waals surface area contributed by atoms with E-state index in [0.29, 0.717) is 27.8 Å². The SMILES string of the molecule is C=CCn1c(=O)c2cnc(Nc3cc(Cl)cc(N4CCN(C)CC4)c3)nc2n1-c1ccc(=O)n(C(C)C)n1. The van der Waals surface area contributed by atoms with Gasteiger partial charge in [0.1, 0.15) is 5.39 Å². The summed E-state index contributed by atoms with van der Waals surface area (Å²) in [5.41, 5.74) is 1.60. The molecule has 0 unspecified atom stereocenters. The Bertz CT molecular complexity index is 1610. The molecule has 0 saturated carbocycles. The Kier molecular flexibility index (Phi) is 7.04. The quantitative estimate of drug-likeness (QED) is 0.360. The summed E-state index contributed by atoms with van der Waals surface area (Å²) in [5, 5.41) is 8.67. The summed E-state index contributed by atoms with van der Waals surface area (Å²) >= 11 is 6.46. The first-order valence-electron chi connectivity index (χ1n) is 12.5. The van der Waals surface area contributed by atoms with Gasteiger partial charge in [-0.2, -0.15) is 4.98 Å². The molecule has 1 saturated heterocycles. The lowest BCUT2D eigenvalue weighted by atomic mass is 10.2. The van der Waals surface area contributed by atoms with Crippen molar-refractivity contribution in [2.24, 2.45) is 0 Å². The second-order valence-corrected chi connectivity index (χ2v) is 10.0. The molecule has 0 amide bonds. The van der Waals surface area contributed by atoms with Crippen LogP contribution in [0.2, 0.25) is 5.02 Å². The van der Waals surface area contributed by atoms with E-state index in [4.69, 9.17) is 11.6 Å². The van der Waals surface area contributed by atoms with E-state index in [-0.39, 0.29) is 23.7 Å². The minimum Gasteiger partial charge on any atom is -0.369 e. The fourth-order valence-corrected chi connectivity index (χ4v) is 4.76. The first-order valence-corrected chi connectivity index (χ1v) is 12.8. The summed E-state index contributed by atoms with van der Waals surface area (Å²) in [6.45, 7) is 11.5. The Labute approximate surface area is 224 Å². The van der Waals surface area contributed by atoms with Crippen molar-refractivity contribution in [2.75, 3.05) is 43.4 Å². The van der Waals surface area contributed by atoms with Crippen LogP contribution in [0.1, 0.15) is 19.9 Å². The molecule has 4 heterocycles. The number of aromatic nitrogens is 6. The number of halogens is 1. The van der Waals surface area contributed by atoms with Gasteiger partial charge in [0.2, 0.25) is 5.95 Å². The number of hydrogen-bond donors (Lipinski definition) is 1. The second-order valence-electron chi connectivity index (χ2n) is 9.60. The van der Waals surface area contributed by atoms with Gasteiger partial charge in [-0.1, -0.05) is 17.7 Å². The van der Waals surface area contributed by atoms with Crippen LogP contribution in [0.5, 0.6) is 0 Å². The van der Waals surface area contributed by atoms with Crippen molar-refractivity contribution in [3.63, 3.8) is 0 Å². The van der Waals surface area contributed by atoms with Crippen LogP contribution in [0.4, 0.5) is 17.3 Å². The number of benzene rings is 1. The topological polar surface area (TPSA) is 106 Å². The Morgan fingerprint density at radius 3 is 2.61 bits per heavy atom. The predicted octanol–water partition coefficient (Wildman–Crippen LogP) is 3.05. The first-order chi connectivity index (χ1) is 18.2. The zero-order chi connectivity index (χ0) is 27.0. The molecule has 1 fully saturated rings.